The highest BCUT2D eigenvalue weighted by Gasteiger charge is 2.24. The Balaban J connectivity index is 1.25. The standard InChI is InChI=1S/C34H34N6O4/c1-22-14-15-25-26(11-5-13-28(25)37-20-30(41)23-8-3-2-4-9-23)31(22)44-32-27(12-6-17-35-32)29-16-18-36-33(39-29)38-24-10-7-19-40(21-24)34(42)43/h2-6,8-9,11-18,24,30,37,41H,7,10,19-21H2,1H3,(H,42,43)(H,36,38,39)/t24?,30-/m0/s1. The summed E-state index contributed by atoms with van der Waals surface area (Å²) in [6.07, 6.45) is 3.40. The minimum Gasteiger partial charge on any atom is -0.465 e. The Kier molecular flexibility index (Phi) is 8.51. The summed E-state index contributed by atoms with van der Waals surface area (Å²) in [6.45, 7) is 3.27. The number of aryl methyl sites for hydroxylation is 1. The Hall–Kier alpha value is -5.22. The van der Waals surface area contributed by atoms with Crippen LogP contribution >= 0.6 is 0 Å². The van der Waals surface area contributed by atoms with Crippen molar-refractivity contribution in [1.82, 2.24) is 19.9 Å². The second-order valence-corrected chi connectivity index (χ2v) is 10.9. The first kappa shape index (κ1) is 28.9. The zero-order valence-corrected chi connectivity index (χ0v) is 24.4. The summed E-state index contributed by atoms with van der Waals surface area (Å²) in [5.41, 5.74) is 4.02. The van der Waals surface area contributed by atoms with Gasteiger partial charge in [-0.05, 0) is 55.2 Å². The monoisotopic (exact) mass is 590 g/mol. The molecule has 224 valence electrons. The van der Waals surface area contributed by atoms with Crippen molar-refractivity contribution in [1.29, 1.82) is 0 Å². The Labute approximate surface area is 255 Å². The molecule has 4 N–H and O–H groups in total. The van der Waals surface area contributed by atoms with Crippen molar-refractivity contribution in [3.05, 3.63) is 102 Å². The van der Waals surface area contributed by atoms with Crippen LogP contribution in [-0.2, 0) is 0 Å². The molecule has 44 heavy (non-hydrogen) atoms. The summed E-state index contributed by atoms with van der Waals surface area (Å²) in [4.78, 5) is 26.5. The van der Waals surface area contributed by atoms with Crippen LogP contribution in [0.15, 0.2) is 91.3 Å². The minimum absolute atomic E-state index is 0.0744. The second-order valence-electron chi connectivity index (χ2n) is 10.9. The first-order valence-corrected chi connectivity index (χ1v) is 14.7. The second kappa shape index (κ2) is 13.0. The van der Waals surface area contributed by atoms with Gasteiger partial charge < -0.3 is 30.5 Å². The maximum absolute atomic E-state index is 11.4. The summed E-state index contributed by atoms with van der Waals surface area (Å²) in [6, 6.07) is 25.1. The van der Waals surface area contributed by atoms with Gasteiger partial charge in [0.2, 0.25) is 11.8 Å². The lowest BCUT2D eigenvalue weighted by molar-refractivity contribution is 0.132. The van der Waals surface area contributed by atoms with Crippen LogP contribution in [-0.4, -0.2) is 61.8 Å². The van der Waals surface area contributed by atoms with E-state index in [0.29, 0.717) is 48.5 Å². The average Bonchev–Trinajstić information content (AvgIpc) is 3.05. The number of carboxylic acid groups (broad SMARTS) is 1. The number of ether oxygens (including phenoxy) is 1. The zero-order valence-electron chi connectivity index (χ0n) is 24.4. The molecule has 3 heterocycles. The van der Waals surface area contributed by atoms with E-state index in [9.17, 15) is 15.0 Å². The molecule has 1 aliphatic heterocycles. The highest BCUT2D eigenvalue weighted by Crippen LogP contribution is 2.38. The van der Waals surface area contributed by atoms with Crippen molar-refractivity contribution < 1.29 is 19.7 Å². The van der Waals surface area contributed by atoms with Crippen molar-refractivity contribution in [2.45, 2.75) is 31.9 Å². The minimum atomic E-state index is -0.917. The Morgan fingerprint density at radius 1 is 1.00 bits per heavy atom. The molecule has 0 spiro atoms. The molecule has 2 atom stereocenters. The number of likely N-dealkylation sites (tertiary alicyclic amines) is 1. The first-order chi connectivity index (χ1) is 21.5. The van der Waals surface area contributed by atoms with Crippen LogP contribution in [0, 0.1) is 6.92 Å². The van der Waals surface area contributed by atoms with Crippen molar-refractivity contribution in [3.63, 3.8) is 0 Å². The fourth-order valence-electron chi connectivity index (χ4n) is 5.52. The summed E-state index contributed by atoms with van der Waals surface area (Å²) in [5.74, 6) is 1.50. The molecule has 0 saturated carbocycles. The quantitative estimate of drug-likeness (QED) is 0.152. The first-order valence-electron chi connectivity index (χ1n) is 14.7. The van der Waals surface area contributed by atoms with E-state index in [2.05, 4.69) is 20.6 Å². The predicted molar refractivity (Wildman–Crippen MR) is 170 cm³/mol. The maximum atomic E-state index is 11.4. The Bertz CT molecular complexity index is 1770. The van der Waals surface area contributed by atoms with Crippen molar-refractivity contribution in [3.8, 4) is 22.9 Å². The lowest BCUT2D eigenvalue weighted by Gasteiger charge is -2.31. The molecule has 1 unspecified atom stereocenters. The number of benzene rings is 3. The third-order valence-corrected chi connectivity index (χ3v) is 7.81. The van der Waals surface area contributed by atoms with Crippen LogP contribution in [0.25, 0.3) is 22.0 Å². The Morgan fingerprint density at radius 2 is 1.86 bits per heavy atom. The maximum Gasteiger partial charge on any atom is 0.407 e. The lowest BCUT2D eigenvalue weighted by atomic mass is 10.0. The summed E-state index contributed by atoms with van der Waals surface area (Å²) in [5, 5.41) is 28.7. The van der Waals surface area contributed by atoms with Crippen LogP contribution in [0.1, 0.15) is 30.1 Å². The molecule has 10 heteroatoms. The fraction of sp³-hybridized carbons (Fsp3) is 0.235. The van der Waals surface area contributed by atoms with Crippen LogP contribution in [0.5, 0.6) is 11.6 Å². The number of aromatic nitrogens is 3. The van der Waals surface area contributed by atoms with Gasteiger partial charge >= 0.3 is 6.09 Å². The third kappa shape index (κ3) is 6.40. The third-order valence-electron chi connectivity index (χ3n) is 7.81. The normalized spacial score (nSPS) is 15.5. The van der Waals surface area contributed by atoms with E-state index in [1.807, 2.05) is 79.7 Å². The van der Waals surface area contributed by atoms with E-state index in [1.165, 1.54) is 4.90 Å². The molecule has 0 radical (unpaired) electrons. The topological polar surface area (TPSA) is 133 Å². The van der Waals surface area contributed by atoms with Crippen LogP contribution < -0.4 is 15.4 Å². The molecule has 2 aromatic heterocycles. The van der Waals surface area contributed by atoms with Gasteiger partial charge in [0.1, 0.15) is 5.75 Å². The number of carbonyl (C=O) groups is 1. The van der Waals surface area contributed by atoms with Crippen LogP contribution in [0.3, 0.4) is 0 Å². The van der Waals surface area contributed by atoms with Crippen molar-refractivity contribution >= 4 is 28.5 Å². The van der Waals surface area contributed by atoms with E-state index in [-0.39, 0.29) is 6.04 Å². The fourth-order valence-corrected chi connectivity index (χ4v) is 5.52. The van der Waals surface area contributed by atoms with Gasteiger partial charge in [-0.15, -0.1) is 0 Å². The molecule has 3 aromatic carbocycles. The van der Waals surface area contributed by atoms with E-state index in [0.717, 1.165) is 40.4 Å². The van der Waals surface area contributed by atoms with E-state index >= 15 is 0 Å². The van der Waals surface area contributed by atoms with Crippen molar-refractivity contribution in [2.75, 3.05) is 30.3 Å². The van der Waals surface area contributed by atoms with E-state index in [1.54, 1.807) is 18.5 Å². The van der Waals surface area contributed by atoms with Crippen LogP contribution in [0.2, 0.25) is 0 Å². The molecule has 1 fully saturated rings. The van der Waals surface area contributed by atoms with Gasteiger partial charge in [0, 0.05) is 54.5 Å². The number of hydrogen-bond acceptors (Lipinski definition) is 8. The molecule has 1 aliphatic rings. The SMILES string of the molecule is Cc1ccc2c(NC[C@H](O)c3ccccc3)cccc2c1Oc1ncccc1-c1ccnc(NC2CCCN(C(=O)O)C2)n1. The molecule has 1 saturated heterocycles. The number of amides is 1. The molecular weight excluding hydrogens is 556 g/mol. The van der Waals surface area contributed by atoms with Gasteiger partial charge in [-0.3, -0.25) is 0 Å². The largest absolute Gasteiger partial charge is 0.465 e. The van der Waals surface area contributed by atoms with Gasteiger partial charge in [0.05, 0.1) is 17.4 Å². The number of fused-ring (bicyclic) bond motifs is 1. The number of nitrogens with zero attached hydrogens (tertiary/aromatic N) is 4. The molecule has 10 nitrogen and oxygen atoms in total. The van der Waals surface area contributed by atoms with Crippen LogP contribution in [0.4, 0.5) is 16.4 Å². The highest BCUT2D eigenvalue weighted by atomic mass is 16.5. The van der Waals surface area contributed by atoms with E-state index < -0.39 is 12.2 Å². The molecular formula is C34H34N6O4. The zero-order chi connectivity index (χ0) is 30.5. The summed E-state index contributed by atoms with van der Waals surface area (Å²) in [7, 11) is 0. The molecule has 5 aromatic rings. The van der Waals surface area contributed by atoms with E-state index in [4.69, 9.17) is 9.72 Å². The lowest BCUT2D eigenvalue weighted by Crippen LogP contribution is -2.44. The summed E-state index contributed by atoms with van der Waals surface area (Å²) >= 11 is 0. The number of aliphatic hydroxyl groups excluding tert-OH is 1. The number of anilines is 2. The summed E-state index contributed by atoms with van der Waals surface area (Å²) < 4.78 is 6.55. The molecule has 1 amide bonds. The number of hydrogen-bond donors (Lipinski definition) is 4. The molecule has 0 bridgehead atoms. The molecule has 6 rings (SSSR count). The van der Waals surface area contributed by atoms with Gasteiger partial charge in [0.25, 0.3) is 0 Å². The number of rotatable bonds is 9. The van der Waals surface area contributed by atoms with Crippen molar-refractivity contribution in [2.24, 2.45) is 0 Å². The Morgan fingerprint density at radius 3 is 2.70 bits per heavy atom. The van der Waals surface area contributed by atoms with Gasteiger partial charge in [-0.25, -0.2) is 19.7 Å². The number of nitrogens with one attached hydrogen (secondary N) is 2. The smallest absolute Gasteiger partial charge is 0.407 e. The van der Waals surface area contributed by atoms with Gasteiger partial charge in [-0.1, -0.05) is 54.6 Å². The number of aliphatic hydroxyl groups is 1. The highest BCUT2D eigenvalue weighted by molar-refractivity contribution is 5.98. The predicted octanol–water partition coefficient (Wildman–Crippen LogP) is 6.49. The number of pyridine rings is 1. The van der Waals surface area contributed by atoms with Gasteiger partial charge in [-0.2, -0.15) is 0 Å². The number of piperidine rings is 1. The van der Waals surface area contributed by atoms with Gasteiger partial charge in [0.15, 0.2) is 0 Å². The molecule has 0 aliphatic carbocycles. The average molecular weight is 591 g/mol.